The SMILES string of the molecule is Cc1ccc(S(=O)(=O)c2cc3c(cc2NC(=O)c2ccccc2Cl)n(C)c(=O)n3C)cc1. The fourth-order valence-corrected chi connectivity index (χ4v) is 5.16. The van der Waals surface area contributed by atoms with Crippen molar-refractivity contribution in [2.45, 2.75) is 16.7 Å². The molecule has 0 unspecified atom stereocenters. The number of rotatable bonds is 4. The second kappa shape index (κ2) is 7.96. The van der Waals surface area contributed by atoms with Crippen LogP contribution < -0.4 is 11.0 Å². The van der Waals surface area contributed by atoms with Crippen molar-refractivity contribution in [2.75, 3.05) is 5.32 Å². The van der Waals surface area contributed by atoms with E-state index in [1.807, 2.05) is 6.92 Å². The largest absolute Gasteiger partial charge is 0.328 e. The van der Waals surface area contributed by atoms with E-state index in [4.69, 9.17) is 11.6 Å². The quantitative estimate of drug-likeness (QED) is 0.490. The second-order valence-corrected chi connectivity index (χ2v) is 9.81. The van der Waals surface area contributed by atoms with E-state index in [9.17, 15) is 18.0 Å². The van der Waals surface area contributed by atoms with E-state index in [1.165, 1.54) is 33.4 Å². The molecule has 0 aliphatic rings. The number of sulfone groups is 1. The van der Waals surface area contributed by atoms with Gasteiger partial charge in [-0.05, 0) is 43.3 Å². The zero-order valence-electron chi connectivity index (χ0n) is 17.6. The Hall–Kier alpha value is -3.36. The van der Waals surface area contributed by atoms with Gasteiger partial charge >= 0.3 is 5.69 Å². The van der Waals surface area contributed by atoms with E-state index in [2.05, 4.69) is 5.32 Å². The van der Waals surface area contributed by atoms with E-state index in [1.54, 1.807) is 50.5 Å². The van der Waals surface area contributed by atoms with Crippen molar-refractivity contribution >= 4 is 44.1 Å². The van der Waals surface area contributed by atoms with Crippen LogP contribution in [0.5, 0.6) is 0 Å². The summed E-state index contributed by atoms with van der Waals surface area (Å²) in [6.07, 6.45) is 0. The summed E-state index contributed by atoms with van der Waals surface area (Å²) in [5, 5.41) is 2.91. The van der Waals surface area contributed by atoms with Crippen molar-refractivity contribution in [3.63, 3.8) is 0 Å². The van der Waals surface area contributed by atoms with Gasteiger partial charge < -0.3 is 5.32 Å². The molecule has 0 aliphatic carbocycles. The Kier molecular flexibility index (Phi) is 5.44. The topological polar surface area (TPSA) is 90.2 Å². The van der Waals surface area contributed by atoms with Gasteiger partial charge in [0.25, 0.3) is 5.91 Å². The minimum absolute atomic E-state index is 0.0594. The van der Waals surface area contributed by atoms with Gasteiger partial charge in [0.05, 0.1) is 37.1 Å². The van der Waals surface area contributed by atoms with E-state index in [0.717, 1.165) is 5.56 Å². The molecule has 4 aromatic rings. The number of amides is 1. The first-order valence-electron chi connectivity index (χ1n) is 9.68. The van der Waals surface area contributed by atoms with Crippen LogP contribution >= 0.6 is 11.6 Å². The van der Waals surface area contributed by atoms with Crippen LogP contribution in [0.2, 0.25) is 5.02 Å². The Balaban J connectivity index is 1.95. The number of nitrogens with zero attached hydrogens (tertiary/aromatic N) is 2. The summed E-state index contributed by atoms with van der Waals surface area (Å²) < 4.78 is 29.8. The smallest absolute Gasteiger partial charge is 0.321 e. The highest BCUT2D eigenvalue weighted by Crippen LogP contribution is 2.32. The van der Waals surface area contributed by atoms with Gasteiger partial charge in [-0.15, -0.1) is 0 Å². The molecule has 1 amide bonds. The van der Waals surface area contributed by atoms with Crippen LogP contribution in [0.4, 0.5) is 5.69 Å². The first-order chi connectivity index (χ1) is 15.1. The van der Waals surface area contributed by atoms with Crippen molar-refractivity contribution in [1.82, 2.24) is 9.13 Å². The zero-order chi connectivity index (χ0) is 23.2. The minimum atomic E-state index is -4.01. The predicted octanol–water partition coefficient (Wildman–Crippen LogP) is 3.92. The van der Waals surface area contributed by atoms with Crippen molar-refractivity contribution in [1.29, 1.82) is 0 Å². The van der Waals surface area contributed by atoms with Crippen LogP contribution in [0.1, 0.15) is 15.9 Å². The fraction of sp³-hybridized carbons (Fsp3) is 0.130. The summed E-state index contributed by atoms with van der Waals surface area (Å²) in [6, 6.07) is 15.8. The lowest BCUT2D eigenvalue weighted by Crippen LogP contribution is -2.19. The minimum Gasteiger partial charge on any atom is -0.321 e. The number of fused-ring (bicyclic) bond motifs is 1. The van der Waals surface area contributed by atoms with Gasteiger partial charge in [0.1, 0.15) is 0 Å². The molecule has 1 heterocycles. The molecule has 0 saturated heterocycles. The van der Waals surface area contributed by atoms with E-state index >= 15 is 0 Å². The number of hydrogen-bond donors (Lipinski definition) is 1. The Bertz CT molecular complexity index is 1530. The van der Waals surface area contributed by atoms with Crippen LogP contribution in [0.15, 0.2) is 75.2 Å². The first kappa shape index (κ1) is 21.9. The lowest BCUT2D eigenvalue weighted by Gasteiger charge is -2.14. The number of imidazole rings is 1. The zero-order valence-corrected chi connectivity index (χ0v) is 19.2. The molecule has 0 radical (unpaired) electrons. The maximum Gasteiger partial charge on any atom is 0.328 e. The van der Waals surface area contributed by atoms with Crippen LogP contribution in [0, 0.1) is 6.92 Å². The van der Waals surface area contributed by atoms with Crippen LogP contribution in [-0.2, 0) is 23.9 Å². The Morgan fingerprint density at radius 1 is 0.938 bits per heavy atom. The molecule has 0 saturated carbocycles. The molecule has 0 bridgehead atoms. The van der Waals surface area contributed by atoms with Gasteiger partial charge in [0, 0.05) is 14.1 Å². The maximum absolute atomic E-state index is 13.5. The van der Waals surface area contributed by atoms with E-state index in [-0.39, 0.29) is 31.8 Å². The molecule has 0 spiro atoms. The van der Waals surface area contributed by atoms with Gasteiger partial charge in [-0.25, -0.2) is 13.2 Å². The van der Waals surface area contributed by atoms with Crippen LogP contribution in [0.3, 0.4) is 0 Å². The molecule has 0 aliphatic heterocycles. The number of hydrogen-bond acceptors (Lipinski definition) is 4. The molecule has 164 valence electrons. The summed E-state index contributed by atoms with van der Waals surface area (Å²) in [5.74, 6) is -0.559. The lowest BCUT2D eigenvalue weighted by atomic mass is 10.2. The standard InChI is InChI=1S/C23H20ClN3O4S/c1-14-8-10-15(11-9-14)32(30,31)21-13-20-19(26(2)23(29)27(20)3)12-18(21)25-22(28)16-6-4-5-7-17(16)24/h4-13H,1-3H3,(H,25,28). The Morgan fingerprint density at radius 3 is 2.16 bits per heavy atom. The molecule has 3 aromatic carbocycles. The van der Waals surface area contributed by atoms with Crippen molar-refractivity contribution in [2.24, 2.45) is 14.1 Å². The third-order valence-corrected chi connectivity index (χ3v) is 7.50. The van der Waals surface area contributed by atoms with Gasteiger partial charge in [0.2, 0.25) is 9.84 Å². The third-order valence-electron chi connectivity index (χ3n) is 5.36. The molecular formula is C23H20ClN3O4S. The van der Waals surface area contributed by atoms with Gasteiger partial charge in [-0.2, -0.15) is 0 Å². The monoisotopic (exact) mass is 469 g/mol. The maximum atomic E-state index is 13.5. The van der Waals surface area contributed by atoms with Gasteiger partial charge in [-0.1, -0.05) is 41.4 Å². The molecule has 32 heavy (non-hydrogen) atoms. The number of nitrogens with one attached hydrogen (secondary N) is 1. The second-order valence-electron chi connectivity index (χ2n) is 7.49. The average molecular weight is 470 g/mol. The highest BCUT2D eigenvalue weighted by Gasteiger charge is 2.25. The number of aromatic nitrogens is 2. The number of halogens is 1. The molecule has 9 heteroatoms. The Labute approximate surface area is 189 Å². The molecule has 7 nitrogen and oxygen atoms in total. The van der Waals surface area contributed by atoms with Gasteiger partial charge in [-0.3, -0.25) is 13.9 Å². The van der Waals surface area contributed by atoms with Crippen molar-refractivity contribution in [3.05, 3.63) is 87.3 Å². The molecule has 4 rings (SSSR count). The molecule has 1 N–H and O–H groups in total. The summed E-state index contributed by atoms with van der Waals surface area (Å²) in [4.78, 5) is 25.3. The molecule has 0 fully saturated rings. The van der Waals surface area contributed by atoms with E-state index in [0.29, 0.717) is 11.0 Å². The molecular weight excluding hydrogens is 450 g/mol. The van der Waals surface area contributed by atoms with Gasteiger partial charge in [0.15, 0.2) is 0 Å². The molecule has 0 atom stereocenters. The average Bonchev–Trinajstić information content (AvgIpc) is 2.97. The number of aryl methyl sites for hydroxylation is 3. The first-order valence-corrected chi connectivity index (χ1v) is 11.5. The predicted molar refractivity (Wildman–Crippen MR) is 124 cm³/mol. The summed E-state index contributed by atoms with van der Waals surface area (Å²) in [5.41, 5.74) is 1.78. The fourth-order valence-electron chi connectivity index (χ4n) is 3.53. The summed E-state index contributed by atoms with van der Waals surface area (Å²) >= 11 is 6.14. The third kappa shape index (κ3) is 3.61. The molecule has 1 aromatic heterocycles. The highest BCUT2D eigenvalue weighted by atomic mass is 35.5. The summed E-state index contributed by atoms with van der Waals surface area (Å²) in [7, 11) is -0.862. The number of benzene rings is 3. The lowest BCUT2D eigenvalue weighted by molar-refractivity contribution is 0.102. The number of carbonyl (C=O) groups is 1. The number of carbonyl (C=O) groups excluding carboxylic acids is 1. The highest BCUT2D eigenvalue weighted by molar-refractivity contribution is 7.91. The Morgan fingerprint density at radius 2 is 1.53 bits per heavy atom. The van der Waals surface area contributed by atoms with E-state index < -0.39 is 15.7 Å². The van der Waals surface area contributed by atoms with Crippen molar-refractivity contribution in [3.8, 4) is 0 Å². The van der Waals surface area contributed by atoms with Crippen molar-refractivity contribution < 1.29 is 13.2 Å². The van der Waals surface area contributed by atoms with Crippen LogP contribution in [0.25, 0.3) is 11.0 Å². The number of anilines is 1. The summed E-state index contributed by atoms with van der Waals surface area (Å²) in [6.45, 7) is 1.86. The normalized spacial score (nSPS) is 11.6. The van der Waals surface area contributed by atoms with Crippen LogP contribution in [-0.4, -0.2) is 23.5 Å².